The summed E-state index contributed by atoms with van der Waals surface area (Å²) < 4.78 is 41.2. The summed E-state index contributed by atoms with van der Waals surface area (Å²) in [5, 5.41) is 8.17. The predicted molar refractivity (Wildman–Crippen MR) is 44.3 cm³/mol. The number of alkyl halides is 3. The first-order chi connectivity index (χ1) is 6.91. The minimum Gasteiger partial charge on any atom is -0.450 e. The first-order valence-electron chi connectivity index (χ1n) is 3.92. The second kappa shape index (κ2) is 4.20. The van der Waals surface area contributed by atoms with Crippen LogP contribution in [0.1, 0.15) is 11.1 Å². The molecular weight excluding hydrogens is 213 g/mol. The van der Waals surface area contributed by atoms with Crippen molar-refractivity contribution >= 4 is 6.16 Å². The zero-order valence-electron chi connectivity index (χ0n) is 7.41. The summed E-state index contributed by atoms with van der Waals surface area (Å²) in [5.74, 6) is 0. The number of hydrogen-bond acceptors (Lipinski definition) is 2. The predicted octanol–water partition coefficient (Wildman–Crippen LogP) is 2.90. The minimum absolute atomic E-state index is 0.201. The van der Waals surface area contributed by atoms with E-state index in [4.69, 9.17) is 5.11 Å². The molecule has 0 aromatic heterocycles. The fourth-order valence-corrected chi connectivity index (χ4v) is 1.06. The van der Waals surface area contributed by atoms with Gasteiger partial charge in [-0.05, 0) is 6.07 Å². The molecule has 0 bridgehead atoms. The molecule has 1 N–H and O–H groups in total. The van der Waals surface area contributed by atoms with Gasteiger partial charge in [-0.2, -0.15) is 13.2 Å². The molecule has 0 aliphatic heterocycles. The molecule has 0 aliphatic rings. The van der Waals surface area contributed by atoms with Crippen molar-refractivity contribution < 1.29 is 27.8 Å². The van der Waals surface area contributed by atoms with Gasteiger partial charge in [-0.25, -0.2) is 4.79 Å². The molecule has 0 amide bonds. The summed E-state index contributed by atoms with van der Waals surface area (Å²) in [6, 6.07) is 4.66. The van der Waals surface area contributed by atoms with Gasteiger partial charge in [0.2, 0.25) is 0 Å². The summed E-state index contributed by atoms with van der Waals surface area (Å²) in [4.78, 5) is 10.0. The van der Waals surface area contributed by atoms with Crippen molar-refractivity contribution in [2.24, 2.45) is 0 Å². The number of hydrogen-bond donors (Lipinski definition) is 1. The zero-order valence-corrected chi connectivity index (χ0v) is 7.41. The van der Waals surface area contributed by atoms with Gasteiger partial charge in [0.25, 0.3) is 0 Å². The molecule has 3 nitrogen and oxygen atoms in total. The van der Waals surface area contributed by atoms with Crippen molar-refractivity contribution in [1.82, 2.24) is 0 Å². The van der Waals surface area contributed by atoms with Crippen LogP contribution in [0.5, 0.6) is 0 Å². The highest BCUT2D eigenvalue weighted by atomic mass is 19.4. The Balaban J connectivity index is 2.92. The van der Waals surface area contributed by atoms with Crippen LogP contribution in [0.3, 0.4) is 0 Å². The lowest BCUT2D eigenvalue weighted by Crippen LogP contribution is -2.11. The zero-order chi connectivity index (χ0) is 11.5. The fraction of sp³-hybridized carbons (Fsp3) is 0.222. The molecule has 0 radical (unpaired) electrons. The summed E-state index contributed by atoms with van der Waals surface area (Å²) in [6.45, 7) is -0.606. The van der Waals surface area contributed by atoms with Crippen LogP contribution in [0.4, 0.5) is 18.0 Å². The summed E-state index contributed by atoms with van der Waals surface area (Å²) in [6.07, 6.45) is -6.11. The van der Waals surface area contributed by atoms with E-state index in [-0.39, 0.29) is 5.56 Å². The highest BCUT2D eigenvalue weighted by Crippen LogP contribution is 2.32. The summed E-state index contributed by atoms with van der Waals surface area (Å²) >= 11 is 0. The highest BCUT2D eigenvalue weighted by Gasteiger charge is 2.33. The molecule has 0 saturated carbocycles. The molecule has 0 saturated heterocycles. The third-order valence-corrected chi connectivity index (χ3v) is 1.67. The Kier molecular flexibility index (Phi) is 3.18. The smallest absolute Gasteiger partial charge is 0.450 e. The van der Waals surface area contributed by atoms with Crippen LogP contribution in [-0.4, -0.2) is 11.3 Å². The van der Waals surface area contributed by atoms with E-state index < -0.39 is 24.5 Å². The Labute approximate surface area is 83.1 Å². The molecular formula is C9H7F3O3. The van der Waals surface area contributed by atoms with E-state index in [1.807, 2.05) is 0 Å². The first-order valence-corrected chi connectivity index (χ1v) is 3.92. The molecule has 82 valence electrons. The van der Waals surface area contributed by atoms with E-state index in [1.165, 1.54) is 18.2 Å². The van der Waals surface area contributed by atoms with E-state index in [1.54, 1.807) is 0 Å². The Bertz CT molecular complexity index is 360. The van der Waals surface area contributed by atoms with Crippen molar-refractivity contribution in [1.29, 1.82) is 0 Å². The van der Waals surface area contributed by atoms with Crippen molar-refractivity contribution in [2.75, 3.05) is 0 Å². The second-order valence-corrected chi connectivity index (χ2v) is 2.71. The number of halogens is 3. The lowest BCUT2D eigenvalue weighted by Gasteiger charge is -2.11. The van der Waals surface area contributed by atoms with Crippen LogP contribution in [0.2, 0.25) is 0 Å². The monoisotopic (exact) mass is 220 g/mol. The van der Waals surface area contributed by atoms with E-state index >= 15 is 0 Å². The average molecular weight is 220 g/mol. The SMILES string of the molecule is O=C(O)OCc1ccccc1C(F)(F)F. The Hall–Kier alpha value is -1.72. The lowest BCUT2D eigenvalue weighted by atomic mass is 10.1. The lowest BCUT2D eigenvalue weighted by molar-refractivity contribution is -0.138. The second-order valence-electron chi connectivity index (χ2n) is 2.71. The van der Waals surface area contributed by atoms with E-state index in [9.17, 15) is 18.0 Å². The number of benzene rings is 1. The van der Waals surface area contributed by atoms with Crippen LogP contribution >= 0.6 is 0 Å². The maximum atomic E-state index is 12.4. The summed E-state index contributed by atoms with van der Waals surface area (Å²) in [5.41, 5.74) is -1.08. The standard InChI is InChI=1S/C9H7F3O3/c10-9(11,12)7-4-2-1-3-6(7)5-15-8(13)14/h1-4H,5H2,(H,13,14). The van der Waals surface area contributed by atoms with Crippen LogP contribution in [0, 0.1) is 0 Å². The molecule has 0 aliphatic carbocycles. The van der Waals surface area contributed by atoms with Gasteiger partial charge in [0.1, 0.15) is 6.61 Å². The normalized spacial score (nSPS) is 11.1. The minimum atomic E-state index is -4.50. The molecule has 0 unspecified atom stereocenters. The highest BCUT2D eigenvalue weighted by molar-refractivity contribution is 5.56. The topological polar surface area (TPSA) is 46.5 Å². The fourth-order valence-electron chi connectivity index (χ4n) is 1.06. The molecule has 15 heavy (non-hydrogen) atoms. The first kappa shape index (κ1) is 11.4. The van der Waals surface area contributed by atoms with Gasteiger partial charge in [-0.1, -0.05) is 18.2 Å². The van der Waals surface area contributed by atoms with Crippen molar-refractivity contribution in [2.45, 2.75) is 12.8 Å². The van der Waals surface area contributed by atoms with Crippen LogP contribution in [-0.2, 0) is 17.5 Å². The Morgan fingerprint density at radius 3 is 2.47 bits per heavy atom. The van der Waals surface area contributed by atoms with E-state index in [2.05, 4.69) is 4.74 Å². The Morgan fingerprint density at radius 2 is 1.93 bits per heavy atom. The third-order valence-electron chi connectivity index (χ3n) is 1.67. The number of carbonyl (C=O) groups is 1. The van der Waals surface area contributed by atoms with Crippen LogP contribution in [0.25, 0.3) is 0 Å². The molecule has 1 rings (SSSR count). The molecule has 0 heterocycles. The van der Waals surface area contributed by atoms with Crippen LogP contribution < -0.4 is 0 Å². The van der Waals surface area contributed by atoms with Crippen molar-refractivity contribution in [3.8, 4) is 0 Å². The number of ether oxygens (including phenoxy) is 1. The van der Waals surface area contributed by atoms with Crippen molar-refractivity contribution in [3.63, 3.8) is 0 Å². The van der Waals surface area contributed by atoms with Gasteiger partial charge < -0.3 is 9.84 Å². The average Bonchev–Trinajstić information content (AvgIpc) is 2.13. The van der Waals surface area contributed by atoms with Crippen LogP contribution in [0.15, 0.2) is 24.3 Å². The maximum Gasteiger partial charge on any atom is 0.506 e. The van der Waals surface area contributed by atoms with Gasteiger partial charge in [0, 0.05) is 5.56 Å². The number of rotatable bonds is 2. The van der Waals surface area contributed by atoms with Gasteiger partial charge in [0.15, 0.2) is 0 Å². The van der Waals surface area contributed by atoms with E-state index in [0.29, 0.717) is 0 Å². The van der Waals surface area contributed by atoms with Crippen molar-refractivity contribution in [3.05, 3.63) is 35.4 Å². The van der Waals surface area contributed by atoms with Gasteiger partial charge in [-0.15, -0.1) is 0 Å². The van der Waals surface area contributed by atoms with Gasteiger partial charge in [-0.3, -0.25) is 0 Å². The molecule has 0 atom stereocenters. The largest absolute Gasteiger partial charge is 0.506 e. The third kappa shape index (κ3) is 3.16. The molecule has 6 heteroatoms. The van der Waals surface area contributed by atoms with E-state index in [0.717, 1.165) is 6.07 Å². The molecule has 1 aromatic carbocycles. The molecule has 1 aromatic rings. The van der Waals surface area contributed by atoms with Gasteiger partial charge in [0.05, 0.1) is 5.56 Å². The molecule has 0 spiro atoms. The summed E-state index contributed by atoms with van der Waals surface area (Å²) in [7, 11) is 0. The number of carboxylic acid groups (broad SMARTS) is 1. The Morgan fingerprint density at radius 1 is 1.33 bits per heavy atom. The molecule has 0 fully saturated rings. The quantitative estimate of drug-likeness (QED) is 0.779. The maximum absolute atomic E-state index is 12.4. The van der Waals surface area contributed by atoms with Gasteiger partial charge >= 0.3 is 12.3 Å².